The number of carbonyl (C=O) groups is 1. The van der Waals surface area contributed by atoms with Crippen LogP contribution in [0, 0.1) is 0 Å². The van der Waals surface area contributed by atoms with Gasteiger partial charge in [-0.05, 0) is 52.9 Å². The molecule has 7 N–H and O–H groups in total. The molecule has 30 heavy (non-hydrogen) atoms. The lowest BCUT2D eigenvalue weighted by Gasteiger charge is -1.99. The zero-order valence-electron chi connectivity index (χ0n) is 20.6. The Morgan fingerprint density at radius 1 is 0.600 bits per heavy atom. The minimum absolute atomic E-state index is 0. The highest BCUT2D eigenvalue weighted by Gasteiger charge is 1.95. The Kier molecular flexibility index (Phi) is 61.0. The quantitative estimate of drug-likeness (QED) is 0.151. The molecule has 0 bridgehead atoms. The molecule has 0 fully saturated rings. The van der Waals surface area contributed by atoms with Crippen LogP contribution in [0.3, 0.4) is 0 Å². The number of allylic oxidation sites excluding steroid dienone is 2. The molecule has 0 aromatic carbocycles. The van der Waals surface area contributed by atoms with Gasteiger partial charge in [0, 0.05) is 26.2 Å². The second-order valence-corrected chi connectivity index (χ2v) is 6.68. The van der Waals surface area contributed by atoms with E-state index in [0.29, 0.717) is 6.42 Å². The third kappa shape index (κ3) is 71.3. The van der Waals surface area contributed by atoms with Gasteiger partial charge in [-0.15, -0.1) is 0 Å². The molecule has 0 aliphatic heterocycles. The van der Waals surface area contributed by atoms with Gasteiger partial charge in [0.25, 0.3) is 0 Å². The number of hydrogen-bond donors (Lipinski definition) is 5. The van der Waals surface area contributed by atoms with Crippen LogP contribution in [-0.2, 0) is 4.79 Å². The molecule has 6 heteroatoms. The van der Waals surface area contributed by atoms with Gasteiger partial charge in [-0.1, -0.05) is 70.4 Å². The topological polar surface area (TPSA) is 133 Å². The molecule has 0 saturated carbocycles. The highest BCUT2D eigenvalue weighted by molar-refractivity contribution is 5.66. The van der Waals surface area contributed by atoms with E-state index in [2.05, 4.69) is 19.1 Å². The Bertz CT molecular complexity index is 282. The van der Waals surface area contributed by atoms with Crippen molar-refractivity contribution in [2.24, 2.45) is 0 Å². The first-order valence-electron chi connectivity index (χ1n) is 11.7. The standard InChI is InChI=1S/C18H34O2.3C2H6O.H3N/c1-2-3-4-5-6-7-8-9-10-11-12-13-14-15-16-17-18(19)20;3*1-2-3;/h9-10H,2-8,11-17H2,1H3,(H,19,20);3*3H,2H2,1H3;1H3/b10-9-;;;;. The summed E-state index contributed by atoms with van der Waals surface area (Å²) in [6, 6.07) is 0. The molecule has 0 heterocycles. The molecule has 0 rings (SSSR count). The molecule has 186 valence electrons. The molecule has 6 nitrogen and oxygen atoms in total. The molecule has 0 aromatic heterocycles. The molecule has 0 saturated heterocycles. The van der Waals surface area contributed by atoms with Gasteiger partial charge < -0.3 is 26.6 Å². The number of aliphatic carboxylic acids is 1. The van der Waals surface area contributed by atoms with Crippen LogP contribution in [0.1, 0.15) is 118 Å². The molecule has 0 aromatic rings. The largest absolute Gasteiger partial charge is 0.481 e. The van der Waals surface area contributed by atoms with Crippen molar-refractivity contribution in [2.45, 2.75) is 118 Å². The van der Waals surface area contributed by atoms with Crippen LogP contribution in [0.15, 0.2) is 12.2 Å². The van der Waals surface area contributed by atoms with E-state index in [-0.39, 0.29) is 26.0 Å². The summed E-state index contributed by atoms with van der Waals surface area (Å²) in [5.74, 6) is -0.664. The van der Waals surface area contributed by atoms with Crippen LogP contribution in [0.4, 0.5) is 0 Å². The number of aliphatic hydroxyl groups is 3. The highest BCUT2D eigenvalue weighted by atomic mass is 16.4. The summed E-state index contributed by atoms with van der Waals surface area (Å²) >= 11 is 0. The van der Waals surface area contributed by atoms with Gasteiger partial charge in [0.1, 0.15) is 0 Å². The second-order valence-electron chi connectivity index (χ2n) is 6.68. The fraction of sp³-hybridized carbons (Fsp3) is 0.875. The summed E-state index contributed by atoms with van der Waals surface area (Å²) in [6.07, 6.45) is 21.2. The number of hydrogen-bond acceptors (Lipinski definition) is 5. The molecular formula is C24H55NO5. The fourth-order valence-electron chi connectivity index (χ4n) is 2.35. The maximum Gasteiger partial charge on any atom is 0.303 e. The zero-order valence-corrected chi connectivity index (χ0v) is 20.6. The van der Waals surface area contributed by atoms with Crippen molar-refractivity contribution in [3.05, 3.63) is 12.2 Å². The lowest BCUT2D eigenvalue weighted by Crippen LogP contribution is -1.93. The Labute approximate surface area is 187 Å². The summed E-state index contributed by atoms with van der Waals surface area (Å²) in [7, 11) is 0. The molecule has 0 aliphatic carbocycles. The average Bonchev–Trinajstić information content (AvgIpc) is 2.66. The van der Waals surface area contributed by atoms with Crippen molar-refractivity contribution in [2.75, 3.05) is 19.8 Å². The van der Waals surface area contributed by atoms with Gasteiger partial charge in [-0.3, -0.25) is 4.79 Å². The third-order valence-corrected chi connectivity index (χ3v) is 3.65. The van der Waals surface area contributed by atoms with Crippen molar-refractivity contribution in [1.82, 2.24) is 6.15 Å². The number of aliphatic hydroxyl groups excluding tert-OH is 3. The van der Waals surface area contributed by atoms with Gasteiger partial charge in [0.2, 0.25) is 0 Å². The van der Waals surface area contributed by atoms with Crippen LogP contribution in [0.25, 0.3) is 0 Å². The van der Waals surface area contributed by atoms with Crippen molar-refractivity contribution in [1.29, 1.82) is 0 Å². The number of unbranched alkanes of at least 4 members (excludes halogenated alkanes) is 11. The van der Waals surface area contributed by atoms with Crippen molar-refractivity contribution < 1.29 is 25.2 Å². The van der Waals surface area contributed by atoms with E-state index in [1.807, 2.05) is 0 Å². The summed E-state index contributed by atoms with van der Waals surface area (Å²) in [6.45, 7) is 8.05. The predicted molar refractivity (Wildman–Crippen MR) is 130 cm³/mol. The van der Waals surface area contributed by atoms with E-state index in [9.17, 15) is 4.79 Å². The van der Waals surface area contributed by atoms with E-state index in [1.54, 1.807) is 20.8 Å². The van der Waals surface area contributed by atoms with Gasteiger partial charge in [0.15, 0.2) is 0 Å². The van der Waals surface area contributed by atoms with Crippen molar-refractivity contribution in [3.63, 3.8) is 0 Å². The SMILES string of the molecule is CCCCCCCC/C=C\CCCCCCCC(=O)O.CCO.CCO.CCO.N. The van der Waals surface area contributed by atoms with E-state index in [4.69, 9.17) is 20.4 Å². The van der Waals surface area contributed by atoms with Crippen molar-refractivity contribution in [3.8, 4) is 0 Å². The molecule has 0 atom stereocenters. The first-order chi connectivity index (χ1) is 14.0. The molecule has 0 aliphatic rings. The smallest absolute Gasteiger partial charge is 0.303 e. The number of rotatable bonds is 15. The monoisotopic (exact) mass is 437 g/mol. The van der Waals surface area contributed by atoms with Crippen LogP contribution in [0.2, 0.25) is 0 Å². The summed E-state index contributed by atoms with van der Waals surface area (Å²) in [4.78, 5) is 10.3. The maximum atomic E-state index is 10.3. The van der Waals surface area contributed by atoms with Gasteiger partial charge in [0.05, 0.1) is 0 Å². The lowest BCUT2D eigenvalue weighted by atomic mass is 10.1. The second kappa shape index (κ2) is 46.3. The zero-order chi connectivity index (χ0) is 23.0. The first-order valence-corrected chi connectivity index (χ1v) is 11.7. The number of carboxylic acids is 1. The van der Waals surface area contributed by atoms with Crippen LogP contribution in [-0.4, -0.2) is 46.2 Å². The lowest BCUT2D eigenvalue weighted by molar-refractivity contribution is -0.137. The van der Waals surface area contributed by atoms with Gasteiger partial charge >= 0.3 is 5.97 Å². The molecule has 0 spiro atoms. The number of carboxylic acid groups (broad SMARTS) is 1. The summed E-state index contributed by atoms with van der Waals surface area (Å²) < 4.78 is 0. The fourth-order valence-corrected chi connectivity index (χ4v) is 2.35. The average molecular weight is 438 g/mol. The summed E-state index contributed by atoms with van der Waals surface area (Å²) in [5, 5.41) is 31.2. The Balaban J connectivity index is -0.000000177. The predicted octanol–water partition coefficient (Wildman–Crippen LogP) is 6.27. The van der Waals surface area contributed by atoms with E-state index >= 15 is 0 Å². The summed E-state index contributed by atoms with van der Waals surface area (Å²) in [5.41, 5.74) is 0. The normalized spacial score (nSPS) is 9.30. The molecule has 0 amide bonds. The van der Waals surface area contributed by atoms with E-state index < -0.39 is 5.97 Å². The minimum Gasteiger partial charge on any atom is -0.481 e. The molecular weight excluding hydrogens is 382 g/mol. The molecule has 0 radical (unpaired) electrons. The Hall–Kier alpha value is -0.950. The Morgan fingerprint density at radius 2 is 0.900 bits per heavy atom. The van der Waals surface area contributed by atoms with Crippen LogP contribution < -0.4 is 6.15 Å². The minimum atomic E-state index is -0.664. The van der Waals surface area contributed by atoms with Crippen molar-refractivity contribution >= 4 is 5.97 Å². The van der Waals surface area contributed by atoms with Crippen LogP contribution >= 0.6 is 0 Å². The van der Waals surface area contributed by atoms with Gasteiger partial charge in [-0.25, -0.2) is 0 Å². The van der Waals surface area contributed by atoms with Crippen LogP contribution in [0.5, 0.6) is 0 Å². The van der Waals surface area contributed by atoms with E-state index in [1.165, 1.54) is 70.6 Å². The van der Waals surface area contributed by atoms with Gasteiger partial charge in [-0.2, -0.15) is 0 Å². The molecule has 0 unspecified atom stereocenters. The third-order valence-electron chi connectivity index (χ3n) is 3.65. The maximum absolute atomic E-state index is 10.3. The first kappa shape index (κ1) is 39.5. The van der Waals surface area contributed by atoms with E-state index in [0.717, 1.165) is 12.8 Å². The Morgan fingerprint density at radius 3 is 1.23 bits per heavy atom. The highest BCUT2D eigenvalue weighted by Crippen LogP contribution is 2.09.